The summed E-state index contributed by atoms with van der Waals surface area (Å²) in [6, 6.07) is 14.4. The van der Waals surface area contributed by atoms with Gasteiger partial charge in [-0.1, -0.05) is 27.5 Å². The molecule has 0 radical (unpaired) electrons. The Morgan fingerprint density at radius 1 is 1.14 bits per heavy atom. The van der Waals surface area contributed by atoms with Crippen LogP contribution in [0.1, 0.15) is 28.4 Å². The van der Waals surface area contributed by atoms with Crippen LogP contribution in [-0.2, 0) is 6.61 Å². The molecule has 0 atom stereocenters. The summed E-state index contributed by atoms with van der Waals surface area (Å²) in [5.41, 5.74) is 4.08. The Hall–Kier alpha value is -3.63. The van der Waals surface area contributed by atoms with E-state index in [1.54, 1.807) is 42.5 Å². The Morgan fingerprint density at radius 2 is 1.89 bits per heavy atom. The molecule has 1 N–H and O–H groups in total. The topological polar surface area (TPSA) is 112 Å². The van der Waals surface area contributed by atoms with E-state index < -0.39 is 10.8 Å². The maximum Gasteiger partial charge on any atom is 0.275 e. The molecule has 3 rings (SSSR count). The lowest BCUT2D eigenvalue weighted by Gasteiger charge is -2.14. The lowest BCUT2D eigenvalue weighted by molar-refractivity contribution is -0.384. The number of methoxy groups -OCH3 is 1. The number of hydrogen-bond donors (Lipinski definition) is 1. The Kier molecular flexibility index (Phi) is 9.04. The number of nitrogens with one attached hydrogen (secondary N) is 1. The van der Waals surface area contributed by atoms with Crippen LogP contribution in [0.2, 0.25) is 5.02 Å². The molecule has 3 aromatic carbocycles. The maximum atomic E-state index is 12.5. The molecular weight excluding hydrogens is 542 g/mol. The molecule has 0 aliphatic heterocycles. The van der Waals surface area contributed by atoms with E-state index in [9.17, 15) is 14.9 Å². The molecule has 0 fully saturated rings. The summed E-state index contributed by atoms with van der Waals surface area (Å²) in [5.74, 6) is 0.686. The fourth-order valence-corrected chi connectivity index (χ4v) is 3.65. The van der Waals surface area contributed by atoms with Crippen molar-refractivity contribution in [2.75, 3.05) is 13.7 Å². The number of ether oxygens (including phenoxy) is 3. The summed E-state index contributed by atoms with van der Waals surface area (Å²) in [7, 11) is 1.48. The molecular formula is C24H21BrClN3O6. The molecule has 0 aromatic heterocycles. The standard InChI is InChI=1S/C24H21BrClN3O6/c1-3-34-22-11-16(13-27-28-24(30)19-12-17(25)6-9-21(19)33-2)10-20(26)23(22)35-14-15-4-7-18(8-5-15)29(31)32/h4-13H,3,14H2,1-2H3,(H,28,30)/b27-13-. The smallest absolute Gasteiger partial charge is 0.275 e. The summed E-state index contributed by atoms with van der Waals surface area (Å²) in [6.45, 7) is 2.32. The van der Waals surface area contributed by atoms with Gasteiger partial charge in [-0.2, -0.15) is 5.10 Å². The van der Waals surface area contributed by atoms with Gasteiger partial charge in [0.05, 0.1) is 35.4 Å². The van der Waals surface area contributed by atoms with Crippen molar-refractivity contribution in [2.24, 2.45) is 5.10 Å². The monoisotopic (exact) mass is 561 g/mol. The predicted octanol–water partition coefficient (Wildman–Crippen LogP) is 5.76. The SMILES string of the molecule is CCOc1cc(/C=N\NC(=O)c2cc(Br)ccc2OC)cc(Cl)c1OCc1ccc([N+](=O)[O-])cc1. The van der Waals surface area contributed by atoms with Crippen molar-refractivity contribution in [3.8, 4) is 17.2 Å². The zero-order chi connectivity index (χ0) is 25.4. The zero-order valence-electron chi connectivity index (χ0n) is 18.8. The second kappa shape index (κ2) is 12.2. The number of rotatable bonds is 10. The molecule has 1 amide bonds. The number of nitro groups is 1. The molecule has 9 nitrogen and oxygen atoms in total. The summed E-state index contributed by atoms with van der Waals surface area (Å²) in [5, 5.41) is 15.1. The Bertz CT molecular complexity index is 1250. The van der Waals surface area contributed by atoms with Gasteiger partial charge >= 0.3 is 0 Å². The number of carbonyl (C=O) groups is 1. The number of amides is 1. The number of hydrazone groups is 1. The van der Waals surface area contributed by atoms with Crippen LogP contribution < -0.4 is 19.6 Å². The summed E-state index contributed by atoms with van der Waals surface area (Å²) >= 11 is 9.76. The molecule has 0 bridgehead atoms. The highest BCUT2D eigenvalue weighted by atomic mass is 79.9. The van der Waals surface area contributed by atoms with Crippen molar-refractivity contribution >= 4 is 45.3 Å². The van der Waals surface area contributed by atoms with Crippen LogP contribution in [0.15, 0.2) is 64.2 Å². The first-order valence-electron chi connectivity index (χ1n) is 10.3. The van der Waals surface area contributed by atoms with E-state index in [4.69, 9.17) is 25.8 Å². The Morgan fingerprint density at radius 3 is 2.54 bits per heavy atom. The van der Waals surface area contributed by atoms with Gasteiger partial charge in [0.2, 0.25) is 0 Å². The predicted molar refractivity (Wildman–Crippen MR) is 136 cm³/mol. The van der Waals surface area contributed by atoms with Crippen LogP contribution in [-0.4, -0.2) is 30.8 Å². The van der Waals surface area contributed by atoms with E-state index in [1.807, 2.05) is 6.92 Å². The van der Waals surface area contributed by atoms with E-state index in [0.717, 1.165) is 10.0 Å². The van der Waals surface area contributed by atoms with Crippen LogP contribution in [0.5, 0.6) is 17.2 Å². The lowest BCUT2D eigenvalue weighted by Crippen LogP contribution is -2.18. The third-order valence-electron chi connectivity index (χ3n) is 4.65. The number of hydrogen-bond acceptors (Lipinski definition) is 7. The van der Waals surface area contributed by atoms with Gasteiger partial charge in [-0.3, -0.25) is 14.9 Å². The zero-order valence-corrected chi connectivity index (χ0v) is 21.1. The fourth-order valence-electron chi connectivity index (χ4n) is 3.02. The minimum Gasteiger partial charge on any atom is -0.496 e. The fraction of sp³-hybridized carbons (Fsp3) is 0.167. The number of halogens is 2. The number of nitro benzene ring substituents is 1. The first kappa shape index (κ1) is 26.0. The van der Waals surface area contributed by atoms with E-state index in [-0.39, 0.29) is 17.3 Å². The number of benzene rings is 3. The van der Waals surface area contributed by atoms with E-state index >= 15 is 0 Å². The average molecular weight is 563 g/mol. The molecule has 11 heteroatoms. The number of non-ortho nitro benzene ring substituents is 1. The first-order valence-corrected chi connectivity index (χ1v) is 11.5. The van der Waals surface area contributed by atoms with Gasteiger partial charge in [0.1, 0.15) is 12.4 Å². The van der Waals surface area contributed by atoms with Gasteiger partial charge < -0.3 is 14.2 Å². The summed E-state index contributed by atoms with van der Waals surface area (Å²) in [6.07, 6.45) is 1.43. The van der Waals surface area contributed by atoms with Gasteiger partial charge in [0, 0.05) is 16.6 Å². The van der Waals surface area contributed by atoms with Crippen molar-refractivity contribution in [3.63, 3.8) is 0 Å². The van der Waals surface area contributed by atoms with Gasteiger partial charge in [0.25, 0.3) is 11.6 Å². The largest absolute Gasteiger partial charge is 0.496 e. The normalized spacial score (nSPS) is 10.7. The molecule has 0 aliphatic carbocycles. The molecule has 0 aliphatic rings. The number of nitrogens with zero attached hydrogens (tertiary/aromatic N) is 2. The molecule has 0 saturated carbocycles. The molecule has 182 valence electrons. The van der Waals surface area contributed by atoms with Gasteiger partial charge in [-0.05, 0) is 60.5 Å². The van der Waals surface area contributed by atoms with E-state index in [2.05, 4.69) is 26.5 Å². The third-order valence-corrected chi connectivity index (χ3v) is 5.42. The second-order valence-corrected chi connectivity index (χ2v) is 8.34. The quantitative estimate of drug-likeness (QED) is 0.191. The van der Waals surface area contributed by atoms with Gasteiger partial charge in [-0.15, -0.1) is 0 Å². The molecule has 0 heterocycles. The Balaban J connectivity index is 1.73. The van der Waals surface area contributed by atoms with Crippen molar-refractivity contribution in [1.29, 1.82) is 0 Å². The Labute approximate surface area is 214 Å². The highest BCUT2D eigenvalue weighted by Crippen LogP contribution is 2.37. The molecule has 35 heavy (non-hydrogen) atoms. The highest BCUT2D eigenvalue weighted by molar-refractivity contribution is 9.10. The molecule has 0 unspecified atom stereocenters. The van der Waals surface area contributed by atoms with Crippen LogP contribution in [0.25, 0.3) is 0 Å². The van der Waals surface area contributed by atoms with Crippen LogP contribution in [0, 0.1) is 10.1 Å². The van der Waals surface area contributed by atoms with E-state index in [0.29, 0.717) is 35.0 Å². The van der Waals surface area contributed by atoms with E-state index in [1.165, 1.54) is 25.5 Å². The van der Waals surface area contributed by atoms with Crippen molar-refractivity contribution in [2.45, 2.75) is 13.5 Å². The van der Waals surface area contributed by atoms with Gasteiger partial charge in [-0.25, -0.2) is 5.43 Å². The first-order chi connectivity index (χ1) is 16.8. The minimum atomic E-state index is -0.466. The van der Waals surface area contributed by atoms with Crippen LogP contribution >= 0.6 is 27.5 Å². The van der Waals surface area contributed by atoms with Crippen molar-refractivity contribution < 1.29 is 23.9 Å². The highest BCUT2D eigenvalue weighted by Gasteiger charge is 2.14. The molecule has 0 spiro atoms. The lowest BCUT2D eigenvalue weighted by atomic mass is 10.2. The number of carbonyl (C=O) groups excluding carboxylic acids is 1. The second-order valence-electron chi connectivity index (χ2n) is 7.02. The van der Waals surface area contributed by atoms with Gasteiger partial charge in [0.15, 0.2) is 11.5 Å². The van der Waals surface area contributed by atoms with Crippen LogP contribution in [0.3, 0.4) is 0 Å². The summed E-state index contributed by atoms with van der Waals surface area (Å²) in [4.78, 5) is 22.8. The average Bonchev–Trinajstić information content (AvgIpc) is 2.84. The molecule has 0 saturated heterocycles. The maximum absolute atomic E-state index is 12.5. The van der Waals surface area contributed by atoms with Crippen molar-refractivity contribution in [1.82, 2.24) is 5.43 Å². The van der Waals surface area contributed by atoms with Crippen LogP contribution in [0.4, 0.5) is 5.69 Å². The summed E-state index contributed by atoms with van der Waals surface area (Å²) < 4.78 is 17.5. The minimum absolute atomic E-state index is 0.00383. The van der Waals surface area contributed by atoms with Crippen molar-refractivity contribution in [3.05, 3.63) is 90.9 Å². The third kappa shape index (κ3) is 6.93. The molecule has 3 aromatic rings.